The Bertz CT molecular complexity index is 1410. The van der Waals surface area contributed by atoms with E-state index in [2.05, 4.69) is 20.2 Å². The number of carbonyl (C=O) groups is 1. The molecular formula is C24H22N4O3S2. The largest absolute Gasteiger partial charge is 0.296 e. The lowest BCUT2D eigenvalue weighted by molar-refractivity contribution is 0.102. The number of nitrogens with one attached hydrogen (secondary N) is 2. The van der Waals surface area contributed by atoms with Crippen molar-refractivity contribution in [3.8, 4) is 10.6 Å². The van der Waals surface area contributed by atoms with Crippen molar-refractivity contribution in [2.45, 2.75) is 25.7 Å². The number of nitrogens with zero attached hydrogens (tertiary/aromatic N) is 2. The average Bonchev–Trinajstić information content (AvgIpc) is 3.24. The van der Waals surface area contributed by atoms with Gasteiger partial charge in [0, 0.05) is 11.1 Å². The van der Waals surface area contributed by atoms with Gasteiger partial charge < -0.3 is 0 Å². The van der Waals surface area contributed by atoms with Gasteiger partial charge in [-0.15, -0.1) is 10.2 Å². The predicted molar refractivity (Wildman–Crippen MR) is 131 cm³/mol. The van der Waals surface area contributed by atoms with Crippen molar-refractivity contribution in [2.24, 2.45) is 0 Å². The normalized spacial score (nSPS) is 11.2. The van der Waals surface area contributed by atoms with Gasteiger partial charge in [-0.05, 0) is 50.6 Å². The van der Waals surface area contributed by atoms with Crippen molar-refractivity contribution < 1.29 is 13.2 Å². The highest BCUT2D eigenvalue weighted by atomic mass is 32.2. The number of hydrogen-bond acceptors (Lipinski definition) is 6. The van der Waals surface area contributed by atoms with E-state index in [1.165, 1.54) is 17.4 Å². The monoisotopic (exact) mass is 478 g/mol. The Morgan fingerprint density at radius 3 is 2.15 bits per heavy atom. The summed E-state index contributed by atoms with van der Waals surface area (Å²) < 4.78 is 28.1. The van der Waals surface area contributed by atoms with Crippen molar-refractivity contribution in [3.63, 3.8) is 0 Å². The van der Waals surface area contributed by atoms with Crippen LogP contribution in [0, 0.1) is 20.8 Å². The number of aryl methyl sites for hydroxylation is 3. The van der Waals surface area contributed by atoms with Gasteiger partial charge in [0.2, 0.25) is 5.13 Å². The molecule has 168 valence electrons. The third kappa shape index (κ3) is 5.27. The number of rotatable bonds is 6. The Labute approximate surface area is 196 Å². The zero-order chi connectivity index (χ0) is 23.6. The molecule has 0 saturated heterocycles. The SMILES string of the molecule is Cc1ccc(-c2nnc(NC(=O)c3ccc(C)c(NS(=O)(=O)c4ccc(C)cc4)c3)s2)cc1. The molecule has 9 heteroatoms. The van der Waals surface area contributed by atoms with Crippen LogP contribution < -0.4 is 10.0 Å². The maximum atomic E-state index is 12.8. The van der Waals surface area contributed by atoms with E-state index < -0.39 is 15.9 Å². The quantitative estimate of drug-likeness (QED) is 0.397. The van der Waals surface area contributed by atoms with Crippen molar-refractivity contribution in [3.05, 3.63) is 89.0 Å². The minimum absolute atomic E-state index is 0.153. The number of amides is 1. The van der Waals surface area contributed by atoms with Crippen molar-refractivity contribution in [2.75, 3.05) is 10.0 Å². The molecule has 1 amide bonds. The smallest absolute Gasteiger partial charge is 0.261 e. The Balaban J connectivity index is 1.52. The molecule has 4 rings (SSSR count). The summed E-state index contributed by atoms with van der Waals surface area (Å²) in [6.07, 6.45) is 0. The molecule has 7 nitrogen and oxygen atoms in total. The third-order valence-electron chi connectivity index (χ3n) is 5.02. The van der Waals surface area contributed by atoms with Crippen LogP contribution >= 0.6 is 11.3 Å². The maximum Gasteiger partial charge on any atom is 0.261 e. The molecule has 3 aromatic carbocycles. The summed E-state index contributed by atoms with van der Waals surface area (Å²) in [5.74, 6) is -0.405. The second kappa shape index (κ2) is 9.13. The van der Waals surface area contributed by atoms with E-state index in [0.29, 0.717) is 27.0 Å². The van der Waals surface area contributed by atoms with Gasteiger partial charge in [0.25, 0.3) is 15.9 Å². The van der Waals surface area contributed by atoms with Gasteiger partial charge in [0.15, 0.2) is 0 Å². The van der Waals surface area contributed by atoms with Crippen LogP contribution in [0.3, 0.4) is 0 Å². The Kier molecular flexibility index (Phi) is 6.26. The number of anilines is 2. The first kappa shape index (κ1) is 22.6. The lowest BCUT2D eigenvalue weighted by Gasteiger charge is -2.12. The first-order valence-corrected chi connectivity index (χ1v) is 12.4. The van der Waals surface area contributed by atoms with Gasteiger partial charge in [-0.25, -0.2) is 8.42 Å². The number of aromatic nitrogens is 2. The van der Waals surface area contributed by atoms with Crippen molar-refractivity contribution >= 4 is 38.1 Å². The highest BCUT2D eigenvalue weighted by Crippen LogP contribution is 2.27. The fraction of sp³-hybridized carbons (Fsp3) is 0.125. The molecule has 0 unspecified atom stereocenters. The topological polar surface area (TPSA) is 101 Å². The van der Waals surface area contributed by atoms with Crippen LogP contribution in [0.2, 0.25) is 0 Å². The molecule has 0 aliphatic carbocycles. The van der Waals surface area contributed by atoms with Crippen LogP contribution in [0.1, 0.15) is 27.0 Å². The standard InChI is InChI=1S/C24H22N4O3S2/c1-15-4-9-18(10-5-15)23-26-27-24(32-23)25-22(29)19-11-8-17(3)21(14-19)28-33(30,31)20-12-6-16(2)7-13-20/h4-14,28H,1-3H3,(H,25,27,29). The summed E-state index contributed by atoms with van der Waals surface area (Å²) in [6, 6.07) is 19.3. The zero-order valence-corrected chi connectivity index (χ0v) is 19.9. The van der Waals surface area contributed by atoms with E-state index in [4.69, 9.17) is 0 Å². The second-order valence-electron chi connectivity index (χ2n) is 7.68. The lowest BCUT2D eigenvalue weighted by atomic mass is 10.1. The molecule has 0 aliphatic heterocycles. The molecule has 0 spiro atoms. The molecule has 1 heterocycles. The second-order valence-corrected chi connectivity index (χ2v) is 10.3. The molecule has 0 radical (unpaired) electrons. The number of carbonyl (C=O) groups excluding carboxylic acids is 1. The molecule has 0 fully saturated rings. The van der Waals surface area contributed by atoms with Gasteiger partial charge in [-0.1, -0.05) is 64.9 Å². The summed E-state index contributed by atoms with van der Waals surface area (Å²) in [6.45, 7) is 5.66. The first-order valence-electron chi connectivity index (χ1n) is 10.1. The third-order valence-corrected chi connectivity index (χ3v) is 7.29. The molecule has 33 heavy (non-hydrogen) atoms. The molecule has 2 N–H and O–H groups in total. The predicted octanol–water partition coefficient (Wildman–Crippen LogP) is 5.18. The highest BCUT2D eigenvalue weighted by Gasteiger charge is 2.17. The molecule has 0 bridgehead atoms. The molecular weight excluding hydrogens is 456 g/mol. The van der Waals surface area contributed by atoms with Crippen molar-refractivity contribution in [1.82, 2.24) is 10.2 Å². The summed E-state index contributed by atoms with van der Waals surface area (Å²) in [4.78, 5) is 12.9. The highest BCUT2D eigenvalue weighted by molar-refractivity contribution is 7.92. The fourth-order valence-corrected chi connectivity index (χ4v) is 4.92. The van der Waals surface area contributed by atoms with E-state index in [9.17, 15) is 13.2 Å². The summed E-state index contributed by atoms with van der Waals surface area (Å²) >= 11 is 1.26. The molecule has 1 aromatic heterocycles. The summed E-state index contributed by atoms with van der Waals surface area (Å²) in [5, 5.41) is 12.0. The Hall–Kier alpha value is -3.56. The number of benzene rings is 3. The number of sulfonamides is 1. The molecule has 0 atom stereocenters. The molecule has 4 aromatic rings. The van der Waals surface area contributed by atoms with Gasteiger partial charge in [0.05, 0.1) is 10.6 Å². The van der Waals surface area contributed by atoms with Crippen molar-refractivity contribution in [1.29, 1.82) is 0 Å². The first-order chi connectivity index (χ1) is 15.7. The maximum absolute atomic E-state index is 12.8. The molecule has 0 aliphatic rings. The Morgan fingerprint density at radius 2 is 1.48 bits per heavy atom. The van der Waals surface area contributed by atoms with Gasteiger partial charge in [0.1, 0.15) is 5.01 Å². The Morgan fingerprint density at radius 1 is 0.848 bits per heavy atom. The minimum atomic E-state index is -3.79. The van der Waals surface area contributed by atoms with E-state index in [1.807, 2.05) is 38.1 Å². The average molecular weight is 479 g/mol. The summed E-state index contributed by atoms with van der Waals surface area (Å²) in [5.41, 5.74) is 4.35. The number of hydrogen-bond donors (Lipinski definition) is 2. The fourth-order valence-electron chi connectivity index (χ4n) is 3.05. The summed E-state index contributed by atoms with van der Waals surface area (Å²) in [7, 11) is -3.79. The van der Waals surface area contributed by atoms with Crippen LogP contribution in [0.15, 0.2) is 71.6 Å². The lowest BCUT2D eigenvalue weighted by Crippen LogP contribution is -2.16. The van der Waals surface area contributed by atoms with Gasteiger partial charge in [-0.3, -0.25) is 14.8 Å². The van der Waals surface area contributed by atoms with E-state index in [0.717, 1.165) is 16.7 Å². The minimum Gasteiger partial charge on any atom is -0.296 e. The van der Waals surface area contributed by atoms with Crippen LogP contribution in [-0.4, -0.2) is 24.5 Å². The zero-order valence-electron chi connectivity index (χ0n) is 18.3. The van der Waals surface area contributed by atoms with Gasteiger partial charge >= 0.3 is 0 Å². The van der Waals surface area contributed by atoms with Crippen LogP contribution in [0.25, 0.3) is 10.6 Å². The van der Waals surface area contributed by atoms with Crippen LogP contribution in [-0.2, 0) is 10.0 Å². The van der Waals surface area contributed by atoms with Crippen LogP contribution in [0.5, 0.6) is 0 Å². The van der Waals surface area contributed by atoms with E-state index in [1.54, 1.807) is 43.3 Å². The van der Waals surface area contributed by atoms with E-state index >= 15 is 0 Å². The van der Waals surface area contributed by atoms with Gasteiger partial charge in [-0.2, -0.15) is 0 Å². The van der Waals surface area contributed by atoms with E-state index in [-0.39, 0.29) is 4.90 Å². The molecule has 0 saturated carbocycles. The van der Waals surface area contributed by atoms with Crippen LogP contribution in [0.4, 0.5) is 10.8 Å².